The molecule has 1 rings (SSSR count). The van der Waals surface area contributed by atoms with Crippen molar-refractivity contribution < 1.29 is 4.07 Å². The summed E-state index contributed by atoms with van der Waals surface area (Å²) >= 11 is 1.61. The average Bonchev–Trinajstić information content (AvgIpc) is 1.87. The van der Waals surface area contributed by atoms with Gasteiger partial charge in [0.1, 0.15) is 5.69 Å². The van der Waals surface area contributed by atoms with Gasteiger partial charge < -0.3 is 0 Å². The third kappa shape index (κ3) is 0.962. The van der Waals surface area contributed by atoms with Gasteiger partial charge in [-0.25, -0.2) is 0 Å². The van der Waals surface area contributed by atoms with Crippen molar-refractivity contribution in [1.82, 2.24) is 5.10 Å². The van der Waals surface area contributed by atoms with Crippen molar-refractivity contribution >= 4 is 11.5 Å². The van der Waals surface area contributed by atoms with E-state index >= 15 is 0 Å². The molecule has 0 fully saturated rings. The molecule has 0 aromatic carbocycles. The summed E-state index contributed by atoms with van der Waals surface area (Å²) in [6.45, 7) is 1.98. The van der Waals surface area contributed by atoms with Crippen molar-refractivity contribution in [3.8, 4) is 0 Å². The minimum absolute atomic E-state index is 1.09. The fourth-order valence-electron chi connectivity index (χ4n) is 0.422. The monoisotopic (exact) mass is 115 g/mol. The fourth-order valence-corrected chi connectivity index (χ4v) is 0.950. The van der Waals surface area contributed by atoms with Crippen LogP contribution >= 0.6 is 11.5 Å². The van der Waals surface area contributed by atoms with Crippen LogP contribution in [0.2, 0.25) is 0 Å². The van der Waals surface area contributed by atoms with E-state index < -0.39 is 0 Å². The third-order valence-electron chi connectivity index (χ3n) is 0.674. The zero-order valence-electron chi connectivity index (χ0n) is 4.38. The largest absolute Gasteiger partial charge is 0.180 e. The van der Waals surface area contributed by atoms with Gasteiger partial charge in [0.25, 0.3) is 0 Å². The van der Waals surface area contributed by atoms with Crippen LogP contribution in [0.15, 0.2) is 5.38 Å². The first-order valence-corrected chi connectivity index (χ1v) is 2.91. The van der Waals surface area contributed by atoms with E-state index in [0.29, 0.717) is 0 Å². The molecule has 0 aliphatic rings. The fraction of sp³-hybridized carbons (Fsp3) is 0.500. The Morgan fingerprint density at radius 3 is 2.71 bits per heavy atom. The molecule has 0 spiro atoms. The summed E-state index contributed by atoms with van der Waals surface area (Å²) in [5.74, 6) is 0. The first-order chi connectivity index (χ1) is 3.29. The van der Waals surface area contributed by atoms with Gasteiger partial charge in [-0.3, -0.25) is 0 Å². The molecule has 0 unspecified atom stereocenters. The number of aromatic nitrogens is 2. The van der Waals surface area contributed by atoms with Gasteiger partial charge in [-0.1, -0.05) is 0 Å². The van der Waals surface area contributed by atoms with Crippen LogP contribution in [0.5, 0.6) is 0 Å². The molecule has 0 aliphatic carbocycles. The number of hydrogen-bond donors (Lipinski definition) is 0. The smallest absolute Gasteiger partial charge is 0.0288 e. The molecule has 0 saturated heterocycles. The number of rotatable bonds is 0. The molecule has 0 atom stereocenters. The van der Waals surface area contributed by atoms with Gasteiger partial charge in [-0.05, 0) is 11.0 Å². The Morgan fingerprint density at radius 2 is 2.57 bits per heavy atom. The van der Waals surface area contributed by atoms with Crippen molar-refractivity contribution in [2.45, 2.75) is 6.92 Å². The van der Waals surface area contributed by atoms with Crippen molar-refractivity contribution in [3.05, 3.63) is 11.1 Å². The van der Waals surface area contributed by atoms with Crippen LogP contribution in [0.1, 0.15) is 5.69 Å². The van der Waals surface area contributed by atoms with Crippen LogP contribution in [0.25, 0.3) is 0 Å². The molecule has 0 aliphatic heterocycles. The van der Waals surface area contributed by atoms with E-state index in [1.165, 1.54) is 0 Å². The highest BCUT2D eigenvalue weighted by Gasteiger charge is 1.95. The Labute approximate surface area is 46.6 Å². The van der Waals surface area contributed by atoms with E-state index in [9.17, 15) is 0 Å². The topological polar surface area (TPSA) is 16.8 Å². The van der Waals surface area contributed by atoms with Gasteiger partial charge in [0.2, 0.25) is 0 Å². The molecule has 38 valence electrons. The lowest BCUT2D eigenvalue weighted by Crippen LogP contribution is -2.25. The Kier molecular flexibility index (Phi) is 1.06. The average molecular weight is 115 g/mol. The molecule has 1 heterocycles. The maximum atomic E-state index is 4.05. The standard InChI is InChI=1S/C4H7N2S/c1-4-3-7-6(2)5-4/h3H,1-2H3/q+1. The Morgan fingerprint density at radius 1 is 1.86 bits per heavy atom. The molecular formula is C4H7N2S+. The highest BCUT2D eigenvalue weighted by molar-refractivity contribution is 6.99. The second kappa shape index (κ2) is 1.58. The van der Waals surface area contributed by atoms with E-state index in [-0.39, 0.29) is 0 Å². The second-order valence-electron chi connectivity index (χ2n) is 1.43. The highest BCUT2D eigenvalue weighted by atomic mass is 32.1. The molecule has 1 aromatic heterocycles. The summed E-state index contributed by atoms with van der Waals surface area (Å²) in [6, 6.07) is 0. The first-order valence-electron chi connectivity index (χ1n) is 2.08. The highest BCUT2D eigenvalue weighted by Crippen LogP contribution is 1.88. The molecule has 7 heavy (non-hydrogen) atoms. The maximum absolute atomic E-state index is 4.05. The summed E-state index contributed by atoms with van der Waals surface area (Å²) < 4.78 is 1.83. The Bertz CT molecular complexity index is 142. The Hall–Kier alpha value is -0.440. The number of hydrogen-bond acceptors (Lipinski definition) is 2. The van der Waals surface area contributed by atoms with E-state index in [2.05, 4.69) is 5.10 Å². The predicted octanol–water partition coefficient (Wildman–Crippen LogP) is 0.276. The zero-order chi connectivity index (χ0) is 5.28. The Balaban J connectivity index is 3.04. The summed E-state index contributed by atoms with van der Waals surface area (Å²) in [7, 11) is 1.93. The van der Waals surface area contributed by atoms with Crippen molar-refractivity contribution in [2.24, 2.45) is 7.05 Å². The zero-order valence-corrected chi connectivity index (χ0v) is 5.20. The normalized spacial score (nSPS) is 9.43. The molecule has 3 heteroatoms. The lowest BCUT2D eigenvalue weighted by atomic mass is 10.6. The quantitative estimate of drug-likeness (QED) is 0.444. The van der Waals surface area contributed by atoms with Crippen LogP contribution in [-0.4, -0.2) is 5.10 Å². The van der Waals surface area contributed by atoms with Crippen LogP contribution in [0, 0.1) is 6.92 Å². The van der Waals surface area contributed by atoms with Crippen LogP contribution < -0.4 is 4.07 Å². The van der Waals surface area contributed by atoms with Gasteiger partial charge in [0.15, 0.2) is 18.6 Å². The number of aryl methyl sites for hydroxylation is 2. The lowest BCUT2D eigenvalue weighted by Gasteiger charge is -1.62. The van der Waals surface area contributed by atoms with Crippen LogP contribution in [-0.2, 0) is 7.05 Å². The SMILES string of the molecule is Cc1cs[n+](C)n1. The molecular weight excluding hydrogens is 108 g/mol. The first kappa shape index (κ1) is 4.71. The molecule has 0 saturated carbocycles. The van der Waals surface area contributed by atoms with Gasteiger partial charge in [-0.15, -0.1) is 0 Å². The van der Waals surface area contributed by atoms with E-state index in [1.807, 2.05) is 23.4 Å². The van der Waals surface area contributed by atoms with Crippen molar-refractivity contribution in [1.29, 1.82) is 0 Å². The second-order valence-corrected chi connectivity index (χ2v) is 2.40. The summed E-state index contributed by atoms with van der Waals surface area (Å²) in [6.07, 6.45) is 0. The molecule has 1 aromatic rings. The predicted molar refractivity (Wildman–Crippen MR) is 28.0 cm³/mol. The van der Waals surface area contributed by atoms with Crippen molar-refractivity contribution in [2.75, 3.05) is 0 Å². The molecule has 0 bridgehead atoms. The van der Waals surface area contributed by atoms with Gasteiger partial charge in [0, 0.05) is 5.10 Å². The van der Waals surface area contributed by atoms with Crippen LogP contribution in [0.3, 0.4) is 0 Å². The lowest BCUT2D eigenvalue weighted by molar-refractivity contribution is -0.663. The molecule has 0 radical (unpaired) electrons. The summed E-state index contributed by atoms with van der Waals surface area (Å²) in [5, 5.41) is 6.06. The van der Waals surface area contributed by atoms with Crippen LogP contribution in [0.4, 0.5) is 0 Å². The van der Waals surface area contributed by atoms with E-state index in [1.54, 1.807) is 11.5 Å². The summed E-state index contributed by atoms with van der Waals surface area (Å²) in [5.41, 5.74) is 1.09. The minimum Gasteiger partial charge on any atom is -0.0288 e. The van der Waals surface area contributed by atoms with E-state index in [0.717, 1.165) is 5.69 Å². The summed E-state index contributed by atoms with van der Waals surface area (Å²) in [4.78, 5) is 0. The van der Waals surface area contributed by atoms with Gasteiger partial charge in [0.05, 0.1) is 5.38 Å². The maximum Gasteiger partial charge on any atom is 0.180 e. The molecule has 0 N–H and O–H groups in total. The van der Waals surface area contributed by atoms with Gasteiger partial charge in [-0.2, -0.15) is 0 Å². The molecule has 0 amide bonds. The third-order valence-corrected chi connectivity index (χ3v) is 1.51. The molecule has 2 nitrogen and oxygen atoms in total. The number of nitrogens with zero attached hydrogens (tertiary/aromatic N) is 2. The minimum atomic E-state index is 1.09. The van der Waals surface area contributed by atoms with Crippen molar-refractivity contribution in [3.63, 3.8) is 0 Å². The van der Waals surface area contributed by atoms with Gasteiger partial charge >= 0.3 is 0 Å². The van der Waals surface area contributed by atoms with E-state index in [4.69, 9.17) is 0 Å².